The second-order valence-corrected chi connectivity index (χ2v) is 6.20. The molecule has 0 aliphatic carbocycles. The van der Waals surface area contributed by atoms with E-state index in [1.54, 1.807) is 0 Å². The highest BCUT2D eigenvalue weighted by Crippen LogP contribution is 2.14. The normalized spacial score (nSPS) is 18.5. The summed E-state index contributed by atoms with van der Waals surface area (Å²) in [5.41, 5.74) is 3.25. The zero-order valence-corrected chi connectivity index (χ0v) is 13.6. The number of rotatable bonds is 5. The van der Waals surface area contributed by atoms with Gasteiger partial charge in [-0.3, -0.25) is 4.79 Å². The van der Waals surface area contributed by atoms with Crippen molar-refractivity contribution in [3.05, 3.63) is 34.9 Å². The number of nitrogens with zero attached hydrogens (tertiary/aromatic N) is 1. The summed E-state index contributed by atoms with van der Waals surface area (Å²) in [5.74, 6) is 0.173. The number of nitrogens with one attached hydrogen (secondary N) is 1. The first-order valence-corrected chi connectivity index (χ1v) is 8.21. The molecule has 2 rings (SSSR count). The predicted molar refractivity (Wildman–Crippen MR) is 87.8 cm³/mol. The molecule has 3 nitrogen and oxygen atoms in total. The Hall–Kier alpha value is -1.35. The predicted octanol–water partition coefficient (Wildman–Crippen LogP) is 3.30. The fourth-order valence-corrected chi connectivity index (χ4v) is 2.95. The molecule has 1 aromatic rings. The number of hydrogen-bond donors (Lipinski definition) is 1. The number of benzene rings is 1. The summed E-state index contributed by atoms with van der Waals surface area (Å²) in [7, 11) is 0. The van der Waals surface area contributed by atoms with Crippen molar-refractivity contribution in [2.45, 2.75) is 52.5 Å². The Labute approximate surface area is 128 Å². The smallest absolute Gasteiger partial charge is 0.253 e. The Kier molecular flexibility index (Phi) is 5.80. The molecule has 3 heteroatoms. The van der Waals surface area contributed by atoms with Gasteiger partial charge in [-0.25, -0.2) is 0 Å². The van der Waals surface area contributed by atoms with Crippen molar-refractivity contribution in [2.24, 2.45) is 0 Å². The lowest BCUT2D eigenvalue weighted by Crippen LogP contribution is -2.46. The van der Waals surface area contributed by atoms with Crippen molar-refractivity contribution in [1.29, 1.82) is 0 Å². The van der Waals surface area contributed by atoms with Crippen LogP contribution in [0, 0.1) is 13.8 Å². The van der Waals surface area contributed by atoms with Crippen LogP contribution >= 0.6 is 0 Å². The van der Waals surface area contributed by atoms with Gasteiger partial charge in [0.1, 0.15) is 0 Å². The lowest BCUT2D eigenvalue weighted by atomic mass is 10.0. The second kappa shape index (κ2) is 7.60. The van der Waals surface area contributed by atoms with E-state index in [9.17, 15) is 4.79 Å². The van der Waals surface area contributed by atoms with Gasteiger partial charge in [0.15, 0.2) is 0 Å². The lowest BCUT2D eigenvalue weighted by molar-refractivity contribution is 0.0731. The average molecular weight is 288 g/mol. The Morgan fingerprint density at radius 3 is 2.71 bits per heavy atom. The van der Waals surface area contributed by atoms with Gasteiger partial charge in [0, 0.05) is 24.7 Å². The molecule has 1 N–H and O–H groups in total. The summed E-state index contributed by atoms with van der Waals surface area (Å²) in [6.45, 7) is 9.04. The molecule has 1 unspecified atom stereocenters. The fraction of sp³-hybridized carbons (Fsp3) is 0.611. The van der Waals surface area contributed by atoms with E-state index in [1.807, 2.05) is 23.1 Å². The maximum Gasteiger partial charge on any atom is 0.253 e. The van der Waals surface area contributed by atoms with E-state index < -0.39 is 0 Å². The van der Waals surface area contributed by atoms with Gasteiger partial charge in [0.25, 0.3) is 5.91 Å². The van der Waals surface area contributed by atoms with Gasteiger partial charge in [-0.1, -0.05) is 19.4 Å². The van der Waals surface area contributed by atoms with E-state index in [1.165, 1.54) is 30.4 Å². The highest BCUT2D eigenvalue weighted by molar-refractivity contribution is 5.94. The first-order valence-electron chi connectivity index (χ1n) is 8.21. The Balaban J connectivity index is 2.08. The molecule has 0 aromatic heterocycles. The third kappa shape index (κ3) is 4.31. The molecule has 1 aliphatic heterocycles. The average Bonchev–Trinajstić information content (AvgIpc) is 2.50. The highest BCUT2D eigenvalue weighted by Gasteiger charge is 2.21. The quantitative estimate of drug-likeness (QED) is 0.901. The number of carbonyl (C=O) groups excluding carboxylic acids is 1. The molecule has 1 saturated heterocycles. The van der Waals surface area contributed by atoms with Crippen molar-refractivity contribution in [3.63, 3.8) is 0 Å². The van der Waals surface area contributed by atoms with E-state index >= 15 is 0 Å². The zero-order chi connectivity index (χ0) is 15.2. The van der Waals surface area contributed by atoms with Crippen molar-refractivity contribution in [1.82, 2.24) is 10.2 Å². The maximum atomic E-state index is 12.8. The SMILES string of the molecule is CCCN(CC1CCCCN1)C(=O)c1ccc(C)c(C)c1. The molecule has 0 saturated carbocycles. The monoisotopic (exact) mass is 288 g/mol. The summed E-state index contributed by atoms with van der Waals surface area (Å²) in [6, 6.07) is 6.49. The topological polar surface area (TPSA) is 32.3 Å². The minimum atomic E-state index is 0.173. The molecule has 1 heterocycles. The van der Waals surface area contributed by atoms with Crippen LogP contribution in [0.15, 0.2) is 18.2 Å². The van der Waals surface area contributed by atoms with Gasteiger partial charge in [-0.2, -0.15) is 0 Å². The molecule has 0 spiro atoms. The van der Waals surface area contributed by atoms with E-state index in [2.05, 4.69) is 26.1 Å². The number of amides is 1. The van der Waals surface area contributed by atoms with Crippen LogP contribution in [0.1, 0.15) is 54.1 Å². The summed E-state index contributed by atoms with van der Waals surface area (Å²) in [5, 5.41) is 3.54. The van der Waals surface area contributed by atoms with Crippen LogP contribution in [0.25, 0.3) is 0 Å². The molecule has 1 atom stereocenters. The molecule has 0 radical (unpaired) electrons. The van der Waals surface area contributed by atoms with Crippen LogP contribution < -0.4 is 5.32 Å². The van der Waals surface area contributed by atoms with Crippen LogP contribution in [-0.4, -0.2) is 36.5 Å². The van der Waals surface area contributed by atoms with Crippen LogP contribution in [0.3, 0.4) is 0 Å². The third-order valence-electron chi connectivity index (χ3n) is 4.39. The van der Waals surface area contributed by atoms with Gasteiger partial charge in [0.05, 0.1) is 0 Å². The van der Waals surface area contributed by atoms with Crippen molar-refractivity contribution < 1.29 is 4.79 Å². The van der Waals surface area contributed by atoms with E-state index in [0.29, 0.717) is 6.04 Å². The number of hydrogen-bond acceptors (Lipinski definition) is 2. The Morgan fingerprint density at radius 2 is 2.10 bits per heavy atom. The number of carbonyl (C=O) groups is 1. The molecule has 1 aromatic carbocycles. The van der Waals surface area contributed by atoms with Crippen LogP contribution in [0.4, 0.5) is 0 Å². The van der Waals surface area contributed by atoms with Gasteiger partial charge < -0.3 is 10.2 Å². The summed E-state index contributed by atoms with van der Waals surface area (Å²) in [4.78, 5) is 14.8. The van der Waals surface area contributed by atoms with Crippen LogP contribution in [0.2, 0.25) is 0 Å². The molecule has 0 bridgehead atoms. The minimum Gasteiger partial charge on any atom is -0.337 e. The maximum absolute atomic E-state index is 12.8. The summed E-state index contributed by atoms with van der Waals surface area (Å²) < 4.78 is 0. The Morgan fingerprint density at radius 1 is 1.29 bits per heavy atom. The van der Waals surface area contributed by atoms with Crippen LogP contribution in [0.5, 0.6) is 0 Å². The lowest BCUT2D eigenvalue weighted by Gasteiger charge is -2.30. The largest absolute Gasteiger partial charge is 0.337 e. The van der Waals surface area contributed by atoms with E-state index in [4.69, 9.17) is 0 Å². The minimum absolute atomic E-state index is 0.173. The third-order valence-corrected chi connectivity index (χ3v) is 4.39. The van der Waals surface area contributed by atoms with E-state index in [0.717, 1.165) is 31.6 Å². The van der Waals surface area contributed by atoms with Crippen molar-refractivity contribution in [3.8, 4) is 0 Å². The molecular formula is C18H28N2O. The van der Waals surface area contributed by atoms with Gasteiger partial charge >= 0.3 is 0 Å². The van der Waals surface area contributed by atoms with Gasteiger partial charge in [-0.05, 0) is 62.9 Å². The summed E-state index contributed by atoms with van der Waals surface area (Å²) >= 11 is 0. The Bertz CT molecular complexity index is 478. The van der Waals surface area contributed by atoms with Crippen molar-refractivity contribution >= 4 is 5.91 Å². The molecule has 116 valence electrons. The second-order valence-electron chi connectivity index (χ2n) is 6.20. The first-order chi connectivity index (χ1) is 10.1. The first kappa shape index (κ1) is 16.0. The number of aryl methyl sites for hydroxylation is 2. The fourth-order valence-electron chi connectivity index (χ4n) is 2.95. The number of piperidine rings is 1. The zero-order valence-electron chi connectivity index (χ0n) is 13.6. The molecule has 21 heavy (non-hydrogen) atoms. The van der Waals surface area contributed by atoms with Gasteiger partial charge in [-0.15, -0.1) is 0 Å². The summed E-state index contributed by atoms with van der Waals surface area (Å²) in [6.07, 6.45) is 4.72. The van der Waals surface area contributed by atoms with Crippen molar-refractivity contribution in [2.75, 3.05) is 19.6 Å². The van der Waals surface area contributed by atoms with Crippen LogP contribution in [-0.2, 0) is 0 Å². The molecule has 1 aliphatic rings. The van der Waals surface area contributed by atoms with E-state index in [-0.39, 0.29) is 5.91 Å². The molecule has 1 amide bonds. The van der Waals surface area contributed by atoms with Gasteiger partial charge in [0.2, 0.25) is 0 Å². The molecular weight excluding hydrogens is 260 g/mol. The molecule has 1 fully saturated rings. The highest BCUT2D eigenvalue weighted by atomic mass is 16.2. The standard InChI is InChI=1S/C18H28N2O/c1-4-11-20(13-17-7-5-6-10-19-17)18(21)16-9-8-14(2)15(3)12-16/h8-9,12,17,19H,4-7,10-11,13H2,1-3H3.